The van der Waals surface area contributed by atoms with E-state index < -0.39 is 0 Å². The highest BCUT2D eigenvalue weighted by Gasteiger charge is 2.30. The van der Waals surface area contributed by atoms with Crippen molar-refractivity contribution in [3.63, 3.8) is 0 Å². The number of nitrogens with zero attached hydrogens (tertiary/aromatic N) is 3. The van der Waals surface area contributed by atoms with Gasteiger partial charge in [-0.25, -0.2) is 9.97 Å². The molecule has 118 valence electrons. The molecule has 1 atom stereocenters. The van der Waals surface area contributed by atoms with Crippen molar-refractivity contribution in [2.45, 2.75) is 37.8 Å². The molecule has 22 heavy (non-hydrogen) atoms. The Balaban J connectivity index is 0.00000144. The number of para-hydroxylation sites is 2. The van der Waals surface area contributed by atoms with Gasteiger partial charge in [-0.1, -0.05) is 12.1 Å². The second kappa shape index (κ2) is 6.26. The van der Waals surface area contributed by atoms with E-state index in [4.69, 9.17) is 15.7 Å². The molecule has 5 nitrogen and oxygen atoms in total. The zero-order valence-corrected chi connectivity index (χ0v) is 13.4. The topological polar surface area (TPSA) is 67.1 Å². The summed E-state index contributed by atoms with van der Waals surface area (Å²) in [6.45, 7) is 1.70. The summed E-state index contributed by atoms with van der Waals surface area (Å²) >= 11 is 0. The number of hydrogen-bond donors (Lipinski definition) is 2. The van der Waals surface area contributed by atoms with E-state index >= 15 is 0 Å². The number of fused-ring (bicyclic) bond motifs is 1. The van der Waals surface area contributed by atoms with Crippen LogP contribution in [0.4, 0.5) is 11.6 Å². The number of nitrogens with one attached hydrogen (secondary N) is 1. The molecule has 1 unspecified atom stereocenters. The summed E-state index contributed by atoms with van der Waals surface area (Å²) in [6, 6.07) is 9.03. The molecule has 1 aromatic carbocycles. The number of hydrogen-bond acceptors (Lipinski definition) is 5. The molecule has 1 aliphatic carbocycles. The molecular weight excluding hydrogens is 298 g/mol. The van der Waals surface area contributed by atoms with Crippen LogP contribution in [-0.4, -0.2) is 35.1 Å². The lowest BCUT2D eigenvalue weighted by molar-refractivity contribution is 0.672. The third-order valence-electron chi connectivity index (χ3n) is 4.39. The molecule has 2 aliphatic rings. The van der Waals surface area contributed by atoms with E-state index in [0.717, 1.165) is 35.6 Å². The average molecular weight is 320 g/mol. The predicted octanol–water partition coefficient (Wildman–Crippen LogP) is 2.55. The Kier molecular flexibility index (Phi) is 4.36. The Morgan fingerprint density at radius 2 is 1.86 bits per heavy atom. The maximum Gasteiger partial charge on any atom is 0.172 e. The molecule has 0 amide bonds. The van der Waals surface area contributed by atoms with Gasteiger partial charge in [0.25, 0.3) is 0 Å². The minimum atomic E-state index is 0. The number of benzene rings is 1. The fraction of sp³-hybridized carbons (Fsp3) is 0.500. The van der Waals surface area contributed by atoms with Gasteiger partial charge in [-0.15, -0.1) is 12.4 Å². The largest absolute Gasteiger partial charge is 0.364 e. The third-order valence-corrected chi connectivity index (χ3v) is 4.39. The van der Waals surface area contributed by atoms with Gasteiger partial charge in [0, 0.05) is 25.2 Å². The monoisotopic (exact) mass is 319 g/mol. The summed E-state index contributed by atoms with van der Waals surface area (Å²) in [5.41, 5.74) is 7.83. The minimum Gasteiger partial charge on any atom is -0.364 e. The second-order valence-electron chi connectivity index (χ2n) is 6.03. The molecule has 3 N–H and O–H groups in total. The van der Waals surface area contributed by atoms with Crippen LogP contribution < -0.4 is 16.0 Å². The number of halogens is 1. The maximum atomic E-state index is 5.93. The van der Waals surface area contributed by atoms with Gasteiger partial charge in [-0.2, -0.15) is 0 Å². The Morgan fingerprint density at radius 3 is 2.55 bits per heavy atom. The first-order chi connectivity index (χ1) is 10.3. The Morgan fingerprint density at radius 1 is 1.14 bits per heavy atom. The van der Waals surface area contributed by atoms with Crippen LogP contribution in [0.5, 0.6) is 0 Å². The van der Waals surface area contributed by atoms with E-state index in [1.54, 1.807) is 0 Å². The molecule has 1 saturated carbocycles. The van der Waals surface area contributed by atoms with Crippen molar-refractivity contribution in [3.8, 4) is 0 Å². The van der Waals surface area contributed by atoms with E-state index in [1.165, 1.54) is 19.3 Å². The van der Waals surface area contributed by atoms with E-state index in [2.05, 4.69) is 10.2 Å². The van der Waals surface area contributed by atoms with Crippen molar-refractivity contribution in [2.75, 3.05) is 23.3 Å². The first kappa shape index (κ1) is 15.3. The van der Waals surface area contributed by atoms with Crippen LogP contribution in [-0.2, 0) is 0 Å². The van der Waals surface area contributed by atoms with Crippen LogP contribution >= 0.6 is 12.4 Å². The number of anilines is 2. The number of rotatable bonds is 4. The van der Waals surface area contributed by atoms with Crippen molar-refractivity contribution >= 4 is 35.1 Å². The predicted molar refractivity (Wildman–Crippen MR) is 92.9 cm³/mol. The molecular formula is C16H22ClN5. The lowest BCUT2D eigenvalue weighted by atomic mass is 10.2. The molecule has 0 radical (unpaired) electrons. The lowest BCUT2D eigenvalue weighted by Gasteiger charge is -2.26. The van der Waals surface area contributed by atoms with Crippen molar-refractivity contribution in [1.82, 2.24) is 9.97 Å². The molecule has 2 fully saturated rings. The van der Waals surface area contributed by atoms with Crippen LogP contribution in [0.15, 0.2) is 24.3 Å². The van der Waals surface area contributed by atoms with Gasteiger partial charge < -0.3 is 16.0 Å². The van der Waals surface area contributed by atoms with E-state index in [0.29, 0.717) is 18.6 Å². The Labute approximate surface area is 136 Å². The van der Waals surface area contributed by atoms with Crippen molar-refractivity contribution < 1.29 is 0 Å². The average Bonchev–Trinajstić information content (AvgIpc) is 3.20. The maximum absolute atomic E-state index is 5.93. The minimum absolute atomic E-state index is 0. The SMILES string of the molecule is Cl.NCC1CCCN1c1nc2ccccc2nc1NC1CC1. The van der Waals surface area contributed by atoms with Gasteiger partial charge in [-0.05, 0) is 37.8 Å². The van der Waals surface area contributed by atoms with Gasteiger partial charge in [0.1, 0.15) is 0 Å². The van der Waals surface area contributed by atoms with E-state index in [9.17, 15) is 0 Å². The van der Waals surface area contributed by atoms with Crippen LogP contribution in [0.2, 0.25) is 0 Å². The van der Waals surface area contributed by atoms with Gasteiger partial charge in [0.05, 0.1) is 11.0 Å². The summed E-state index contributed by atoms with van der Waals surface area (Å²) < 4.78 is 0. The third kappa shape index (κ3) is 2.83. The van der Waals surface area contributed by atoms with Gasteiger partial charge in [-0.3, -0.25) is 0 Å². The lowest BCUT2D eigenvalue weighted by Crippen LogP contribution is -2.36. The molecule has 1 saturated heterocycles. The summed E-state index contributed by atoms with van der Waals surface area (Å²) in [4.78, 5) is 12.0. The Hall–Kier alpha value is -1.59. The zero-order chi connectivity index (χ0) is 14.2. The summed E-state index contributed by atoms with van der Waals surface area (Å²) in [7, 11) is 0. The van der Waals surface area contributed by atoms with E-state index in [1.807, 2.05) is 24.3 Å². The molecule has 6 heteroatoms. The van der Waals surface area contributed by atoms with Crippen LogP contribution in [0.25, 0.3) is 11.0 Å². The van der Waals surface area contributed by atoms with Crippen LogP contribution in [0, 0.1) is 0 Å². The van der Waals surface area contributed by atoms with Gasteiger partial charge in [0.2, 0.25) is 0 Å². The summed E-state index contributed by atoms with van der Waals surface area (Å²) in [5.74, 6) is 1.91. The van der Waals surface area contributed by atoms with E-state index in [-0.39, 0.29) is 12.4 Å². The van der Waals surface area contributed by atoms with Crippen molar-refractivity contribution in [2.24, 2.45) is 5.73 Å². The van der Waals surface area contributed by atoms with Crippen LogP contribution in [0.1, 0.15) is 25.7 Å². The summed E-state index contributed by atoms with van der Waals surface area (Å²) in [6.07, 6.45) is 4.79. The molecule has 2 heterocycles. The highest BCUT2D eigenvalue weighted by Crippen LogP contribution is 2.33. The van der Waals surface area contributed by atoms with Crippen molar-refractivity contribution in [3.05, 3.63) is 24.3 Å². The molecule has 0 bridgehead atoms. The molecule has 2 aromatic rings. The fourth-order valence-corrected chi connectivity index (χ4v) is 3.07. The van der Waals surface area contributed by atoms with Gasteiger partial charge in [0.15, 0.2) is 11.6 Å². The first-order valence-corrected chi connectivity index (χ1v) is 7.85. The van der Waals surface area contributed by atoms with Gasteiger partial charge >= 0.3 is 0 Å². The highest BCUT2D eigenvalue weighted by atomic mass is 35.5. The Bertz CT molecular complexity index is 658. The molecule has 1 aromatic heterocycles. The molecule has 1 aliphatic heterocycles. The second-order valence-corrected chi connectivity index (χ2v) is 6.03. The first-order valence-electron chi connectivity index (χ1n) is 7.85. The summed E-state index contributed by atoms with van der Waals surface area (Å²) in [5, 5.41) is 3.54. The fourth-order valence-electron chi connectivity index (χ4n) is 3.07. The van der Waals surface area contributed by atoms with Crippen LogP contribution in [0.3, 0.4) is 0 Å². The standard InChI is InChI=1S/C16H21N5.ClH/c17-10-12-4-3-9-21(12)16-15(18-11-7-8-11)19-13-5-1-2-6-14(13)20-16;/h1-2,5-6,11-12H,3-4,7-10,17H2,(H,18,19);1H. The normalized spacial score (nSPS) is 21.0. The zero-order valence-electron chi connectivity index (χ0n) is 12.5. The smallest absolute Gasteiger partial charge is 0.172 e. The number of nitrogens with two attached hydrogens (primary N) is 1. The molecule has 0 spiro atoms. The molecule has 4 rings (SSSR count). The van der Waals surface area contributed by atoms with Crippen molar-refractivity contribution in [1.29, 1.82) is 0 Å². The number of aromatic nitrogens is 2. The highest BCUT2D eigenvalue weighted by molar-refractivity contribution is 5.85. The quantitative estimate of drug-likeness (QED) is 0.906.